The molecule has 0 aromatic carbocycles. The van der Waals surface area contributed by atoms with Gasteiger partial charge in [0.15, 0.2) is 0 Å². The molecule has 2 atom stereocenters. The third kappa shape index (κ3) is 3.46. The van der Waals surface area contributed by atoms with Gasteiger partial charge in [0.2, 0.25) is 0 Å². The van der Waals surface area contributed by atoms with Crippen molar-refractivity contribution in [3.05, 3.63) is 0 Å². The summed E-state index contributed by atoms with van der Waals surface area (Å²) in [6.45, 7) is 12.2. The fraction of sp³-hybridized carbons (Fsp3) is 1.00. The molecule has 21 heavy (non-hydrogen) atoms. The Bertz CT molecular complexity index is 345. The number of rotatable bonds is 6. The smallest absolute Gasteiger partial charge is 0.0834 e. The van der Waals surface area contributed by atoms with E-state index in [2.05, 4.69) is 39.9 Å². The summed E-state index contributed by atoms with van der Waals surface area (Å²) in [6, 6.07) is 0.390. The molecule has 3 nitrogen and oxygen atoms in total. The number of hydrogen-bond donors (Lipinski definition) is 1. The van der Waals surface area contributed by atoms with Crippen LogP contribution in [0.3, 0.4) is 0 Å². The van der Waals surface area contributed by atoms with Crippen molar-refractivity contribution >= 4 is 0 Å². The molecule has 1 aliphatic heterocycles. The monoisotopic (exact) mass is 297 g/mol. The van der Waals surface area contributed by atoms with E-state index in [-0.39, 0.29) is 16.8 Å². The summed E-state index contributed by atoms with van der Waals surface area (Å²) in [5.41, 5.74) is -0.127. The molecule has 1 aliphatic carbocycles. The molecule has 2 aliphatic rings. The summed E-state index contributed by atoms with van der Waals surface area (Å²) in [7, 11) is 1.90. The lowest BCUT2D eigenvalue weighted by Crippen LogP contribution is -2.58. The number of hydrogen-bond acceptors (Lipinski definition) is 3. The van der Waals surface area contributed by atoms with Crippen molar-refractivity contribution in [3.63, 3.8) is 0 Å². The Kier molecular flexibility index (Phi) is 5.07. The second-order valence-corrected chi connectivity index (χ2v) is 8.18. The van der Waals surface area contributed by atoms with E-state index in [1.54, 1.807) is 0 Å². The van der Waals surface area contributed by atoms with Gasteiger partial charge in [0.25, 0.3) is 0 Å². The normalized spacial score (nSPS) is 31.4. The third-order valence-electron chi connectivity index (χ3n) is 5.58. The fourth-order valence-corrected chi connectivity index (χ4v) is 4.73. The molecule has 0 bridgehead atoms. The summed E-state index contributed by atoms with van der Waals surface area (Å²) >= 11 is 0. The molecule has 124 valence electrons. The van der Waals surface area contributed by atoms with Gasteiger partial charge in [-0.1, -0.05) is 19.8 Å². The molecule has 1 heterocycles. The largest absolute Gasteiger partial charge is 0.377 e. The van der Waals surface area contributed by atoms with Gasteiger partial charge >= 0.3 is 0 Å². The van der Waals surface area contributed by atoms with Crippen LogP contribution in [0.25, 0.3) is 0 Å². The highest BCUT2D eigenvalue weighted by molar-refractivity contribution is 5.08. The van der Waals surface area contributed by atoms with Crippen molar-refractivity contribution in [2.75, 3.05) is 13.7 Å². The Labute approximate surface area is 131 Å². The van der Waals surface area contributed by atoms with Crippen LogP contribution in [0, 0.1) is 5.92 Å². The average molecular weight is 297 g/mol. The van der Waals surface area contributed by atoms with E-state index in [4.69, 9.17) is 9.47 Å². The van der Waals surface area contributed by atoms with Crippen molar-refractivity contribution in [2.45, 2.75) is 96.0 Å². The number of nitrogens with one attached hydrogen (secondary N) is 1. The van der Waals surface area contributed by atoms with Crippen LogP contribution in [-0.4, -0.2) is 36.5 Å². The van der Waals surface area contributed by atoms with Crippen LogP contribution in [0.5, 0.6) is 0 Å². The maximum atomic E-state index is 6.36. The molecule has 2 fully saturated rings. The molecule has 3 heteroatoms. The van der Waals surface area contributed by atoms with Gasteiger partial charge in [-0.05, 0) is 59.9 Å². The van der Waals surface area contributed by atoms with E-state index >= 15 is 0 Å². The zero-order valence-electron chi connectivity index (χ0n) is 14.9. The van der Waals surface area contributed by atoms with E-state index in [1.807, 2.05) is 7.11 Å². The van der Waals surface area contributed by atoms with Crippen molar-refractivity contribution < 1.29 is 9.47 Å². The molecule has 0 spiro atoms. The quantitative estimate of drug-likeness (QED) is 0.806. The Morgan fingerprint density at radius 1 is 1.19 bits per heavy atom. The van der Waals surface area contributed by atoms with Gasteiger partial charge in [0.05, 0.1) is 16.8 Å². The lowest BCUT2D eigenvalue weighted by molar-refractivity contribution is -0.102. The van der Waals surface area contributed by atoms with Gasteiger partial charge in [-0.15, -0.1) is 0 Å². The molecule has 2 unspecified atom stereocenters. The van der Waals surface area contributed by atoms with Crippen LogP contribution in [0.2, 0.25) is 0 Å². The summed E-state index contributed by atoms with van der Waals surface area (Å²) in [5.74, 6) is 0.497. The lowest BCUT2D eigenvalue weighted by atomic mass is 9.73. The van der Waals surface area contributed by atoms with Crippen LogP contribution in [0.4, 0.5) is 0 Å². The first-order valence-electron chi connectivity index (χ1n) is 8.75. The average Bonchev–Trinajstić information content (AvgIpc) is 2.93. The Balaban J connectivity index is 2.27. The lowest BCUT2D eigenvalue weighted by Gasteiger charge is -2.44. The predicted molar refractivity (Wildman–Crippen MR) is 87.6 cm³/mol. The van der Waals surface area contributed by atoms with E-state index < -0.39 is 0 Å². The molecule has 1 saturated heterocycles. The van der Waals surface area contributed by atoms with Crippen molar-refractivity contribution in [1.82, 2.24) is 5.32 Å². The van der Waals surface area contributed by atoms with Crippen LogP contribution in [-0.2, 0) is 9.47 Å². The fourth-order valence-electron chi connectivity index (χ4n) is 4.73. The summed E-state index contributed by atoms with van der Waals surface area (Å²) in [4.78, 5) is 0. The minimum atomic E-state index is -0.0942. The molecule has 0 aromatic heterocycles. The van der Waals surface area contributed by atoms with Crippen molar-refractivity contribution in [3.8, 4) is 0 Å². The molecular weight excluding hydrogens is 262 g/mol. The maximum absolute atomic E-state index is 6.36. The molecule has 0 amide bonds. The highest BCUT2D eigenvalue weighted by Crippen LogP contribution is 2.49. The Morgan fingerprint density at radius 3 is 2.24 bits per heavy atom. The first-order valence-corrected chi connectivity index (χ1v) is 8.75. The molecular formula is C18H35NO2. The number of ether oxygens (including phenoxy) is 2. The molecule has 0 aromatic rings. The van der Waals surface area contributed by atoms with Crippen molar-refractivity contribution in [1.29, 1.82) is 0 Å². The van der Waals surface area contributed by atoms with E-state index in [0.717, 1.165) is 19.4 Å². The summed E-state index contributed by atoms with van der Waals surface area (Å²) in [6.07, 6.45) is 7.20. The maximum Gasteiger partial charge on any atom is 0.0834 e. The van der Waals surface area contributed by atoms with E-state index in [9.17, 15) is 0 Å². The zero-order valence-corrected chi connectivity index (χ0v) is 14.9. The topological polar surface area (TPSA) is 30.5 Å². The first-order chi connectivity index (χ1) is 9.76. The summed E-state index contributed by atoms with van der Waals surface area (Å²) in [5, 5.41) is 3.83. The highest BCUT2D eigenvalue weighted by atomic mass is 16.5. The minimum Gasteiger partial charge on any atom is -0.377 e. The Hall–Kier alpha value is -0.120. The van der Waals surface area contributed by atoms with Crippen LogP contribution in [0.1, 0.15) is 73.1 Å². The van der Waals surface area contributed by atoms with Crippen LogP contribution >= 0.6 is 0 Å². The van der Waals surface area contributed by atoms with Gasteiger partial charge in [0.1, 0.15) is 0 Å². The van der Waals surface area contributed by atoms with E-state index in [0.29, 0.717) is 12.0 Å². The van der Waals surface area contributed by atoms with Gasteiger partial charge in [0, 0.05) is 19.1 Å². The Morgan fingerprint density at radius 2 is 1.81 bits per heavy atom. The van der Waals surface area contributed by atoms with Gasteiger partial charge in [-0.25, -0.2) is 0 Å². The van der Waals surface area contributed by atoms with Crippen LogP contribution < -0.4 is 5.32 Å². The van der Waals surface area contributed by atoms with Gasteiger partial charge in [-0.2, -0.15) is 0 Å². The minimum absolute atomic E-state index is 0.000880. The molecule has 1 saturated carbocycles. The SMILES string of the molecule is CCCNC(C1CC(C)(C)OC1(C)C)C1(OC)CCCC1. The second kappa shape index (κ2) is 6.17. The van der Waals surface area contributed by atoms with Gasteiger partial charge < -0.3 is 14.8 Å². The molecule has 1 N–H and O–H groups in total. The number of methoxy groups -OCH3 is 1. The van der Waals surface area contributed by atoms with E-state index in [1.165, 1.54) is 25.7 Å². The summed E-state index contributed by atoms with van der Waals surface area (Å²) < 4.78 is 12.5. The second-order valence-electron chi connectivity index (χ2n) is 8.18. The highest BCUT2D eigenvalue weighted by Gasteiger charge is 2.55. The third-order valence-corrected chi connectivity index (χ3v) is 5.58. The zero-order chi connectivity index (χ0) is 15.7. The molecule has 2 rings (SSSR count). The van der Waals surface area contributed by atoms with Crippen molar-refractivity contribution in [2.24, 2.45) is 5.92 Å². The predicted octanol–water partition coefficient (Wildman–Crippen LogP) is 3.91. The first kappa shape index (κ1) is 17.2. The standard InChI is InChI=1S/C18H35NO2/c1-7-12-19-15(18(20-6)10-8-9-11-18)14-13-16(2,3)21-17(14,4)5/h14-15,19H,7-13H2,1-6H3. The van der Waals surface area contributed by atoms with Crippen LogP contribution in [0.15, 0.2) is 0 Å². The molecule has 0 radical (unpaired) electrons. The van der Waals surface area contributed by atoms with Gasteiger partial charge in [-0.3, -0.25) is 0 Å².